The number of imidazole rings is 1. The average Bonchev–Trinajstić information content (AvgIpc) is 3.19. The minimum atomic E-state index is 0. The van der Waals surface area contributed by atoms with E-state index in [0.29, 0.717) is 24.5 Å². The Morgan fingerprint density at radius 3 is 2.32 bits per heavy atom. The topological polar surface area (TPSA) is 50.8 Å². The first-order valence-corrected chi connectivity index (χ1v) is 10.0. The van der Waals surface area contributed by atoms with Crippen LogP contribution in [0.1, 0.15) is 22.5 Å². The maximum atomic E-state index is 9.42. The van der Waals surface area contributed by atoms with Gasteiger partial charge in [-0.05, 0) is 41.3 Å². The van der Waals surface area contributed by atoms with Crippen LogP contribution < -0.4 is 4.74 Å². The molecule has 0 aliphatic rings. The fraction of sp³-hybridized carbons (Fsp3) is 0.154. The summed E-state index contributed by atoms with van der Waals surface area (Å²) < 4.78 is 8.06. The van der Waals surface area contributed by atoms with Crippen LogP contribution in [0.5, 0.6) is 5.75 Å². The Bertz CT molecular complexity index is 1160. The Hall–Kier alpha value is -3.55. The number of nitrogens with zero attached hydrogens (tertiary/aromatic N) is 3. The molecule has 4 rings (SSSR count). The minimum absolute atomic E-state index is 0. The van der Waals surface area contributed by atoms with E-state index in [0.717, 1.165) is 17.8 Å². The summed E-state index contributed by atoms with van der Waals surface area (Å²) in [7, 11) is 0. The summed E-state index contributed by atoms with van der Waals surface area (Å²) in [5, 5.41) is 9.42. The van der Waals surface area contributed by atoms with Crippen LogP contribution in [0.4, 0.5) is 0 Å². The summed E-state index contributed by atoms with van der Waals surface area (Å²) in [5.41, 5.74) is 5.26. The summed E-state index contributed by atoms with van der Waals surface area (Å²) in [6.45, 7) is 3.20. The lowest BCUT2D eigenvalue weighted by Crippen LogP contribution is -2.05. The van der Waals surface area contributed by atoms with Gasteiger partial charge < -0.3 is 9.30 Å². The fourth-order valence-electron chi connectivity index (χ4n) is 3.42. The minimum Gasteiger partial charge on any atom is -0.492 e. The second-order valence-electron chi connectivity index (χ2n) is 7.21. The molecule has 0 aliphatic carbocycles. The van der Waals surface area contributed by atoms with Gasteiger partial charge >= 0.3 is 0 Å². The van der Waals surface area contributed by atoms with Crippen LogP contribution in [0.3, 0.4) is 0 Å². The summed E-state index contributed by atoms with van der Waals surface area (Å²) in [6.07, 6.45) is 4.53. The second-order valence-corrected chi connectivity index (χ2v) is 7.21. The molecule has 31 heavy (non-hydrogen) atoms. The monoisotopic (exact) mass is 429 g/mol. The van der Waals surface area contributed by atoms with Crippen LogP contribution in [0.25, 0.3) is 11.1 Å². The van der Waals surface area contributed by atoms with Crippen LogP contribution in [0, 0.1) is 18.3 Å². The predicted octanol–water partition coefficient (Wildman–Crippen LogP) is 5.82. The molecule has 1 aromatic heterocycles. The van der Waals surface area contributed by atoms with Gasteiger partial charge in [0.1, 0.15) is 17.6 Å². The molecule has 0 amide bonds. The number of rotatable bonds is 7. The molecule has 4 aromatic rings. The highest BCUT2D eigenvalue weighted by Crippen LogP contribution is 2.22. The van der Waals surface area contributed by atoms with Gasteiger partial charge in [-0.2, -0.15) is 5.26 Å². The van der Waals surface area contributed by atoms with Gasteiger partial charge in [0, 0.05) is 25.4 Å². The Kier molecular flexibility index (Phi) is 7.48. The maximum absolute atomic E-state index is 9.42. The standard InChI is InChI=1S/C26H23N3O.ClH/c1-20-28-14-15-29(20)19-22-9-12-25(18-27)26(17-22)30-16-13-21-7-10-24(11-8-21)23-5-3-2-4-6-23;/h2-12,14-15,17H,13,16,19H2,1H3;1H. The molecule has 0 saturated heterocycles. The van der Waals surface area contributed by atoms with Gasteiger partial charge in [-0.15, -0.1) is 12.4 Å². The Balaban J connectivity index is 0.00000272. The van der Waals surface area contributed by atoms with Crippen LogP contribution in [0.15, 0.2) is 85.2 Å². The first kappa shape index (κ1) is 22.1. The number of aromatic nitrogens is 2. The normalized spacial score (nSPS) is 10.2. The van der Waals surface area contributed by atoms with Crippen LogP contribution >= 0.6 is 12.4 Å². The van der Waals surface area contributed by atoms with Crippen LogP contribution in [-0.2, 0) is 13.0 Å². The van der Waals surface area contributed by atoms with Crippen molar-refractivity contribution in [2.24, 2.45) is 0 Å². The Labute approximate surface area is 189 Å². The maximum Gasteiger partial charge on any atom is 0.137 e. The number of hydrogen-bond acceptors (Lipinski definition) is 3. The summed E-state index contributed by atoms with van der Waals surface area (Å²) in [4.78, 5) is 4.26. The van der Waals surface area contributed by atoms with Gasteiger partial charge in [-0.1, -0.05) is 60.7 Å². The number of nitriles is 1. The molecule has 0 N–H and O–H groups in total. The lowest BCUT2D eigenvalue weighted by Gasteiger charge is -2.11. The highest BCUT2D eigenvalue weighted by Gasteiger charge is 2.07. The van der Waals surface area contributed by atoms with Crippen molar-refractivity contribution in [3.05, 3.63) is 108 Å². The van der Waals surface area contributed by atoms with E-state index in [-0.39, 0.29) is 12.4 Å². The third-order valence-corrected chi connectivity index (χ3v) is 5.15. The average molecular weight is 430 g/mol. The molecule has 3 aromatic carbocycles. The van der Waals surface area contributed by atoms with Gasteiger partial charge in [0.2, 0.25) is 0 Å². The molecule has 0 bridgehead atoms. The zero-order chi connectivity index (χ0) is 20.8. The van der Waals surface area contributed by atoms with Crippen molar-refractivity contribution in [3.63, 3.8) is 0 Å². The van der Waals surface area contributed by atoms with E-state index in [1.165, 1.54) is 16.7 Å². The molecule has 5 heteroatoms. The predicted molar refractivity (Wildman–Crippen MR) is 126 cm³/mol. The molecular weight excluding hydrogens is 406 g/mol. The van der Waals surface area contributed by atoms with Crippen molar-refractivity contribution in [2.75, 3.05) is 6.61 Å². The highest BCUT2D eigenvalue weighted by molar-refractivity contribution is 5.85. The summed E-state index contributed by atoms with van der Waals surface area (Å²) in [6, 6.07) is 26.9. The van der Waals surface area contributed by atoms with E-state index in [1.54, 1.807) is 6.20 Å². The number of aryl methyl sites for hydroxylation is 1. The third kappa shape index (κ3) is 5.53. The molecule has 0 saturated carbocycles. The zero-order valence-electron chi connectivity index (χ0n) is 17.4. The second kappa shape index (κ2) is 10.5. The lowest BCUT2D eigenvalue weighted by molar-refractivity contribution is 0.320. The van der Waals surface area contributed by atoms with Crippen molar-refractivity contribution in [2.45, 2.75) is 19.9 Å². The fourth-order valence-corrected chi connectivity index (χ4v) is 3.42. The van der Waals surface area contributed by atoms with Gasteiger partial charge in [0.05, 0.1) is 12.2 Å². The van der Waals surface area contributed by atoms with E-state index in [9.17, 15) is 5.26 Å². The number of halogens is 1. The van der Waals surface area contributed by atoms with Crippen molar-refractivity contribution in [1.82, 2.24) is 9.55 Å². The SMILES string of the molecule is Cc1nccn1Cc1ccc(C#N)c(OCCc2ccc(-c3ccccc3)cc2)c1.Cl. The molecule has 0 radical (unpaired) electrons. The van der Waals surface area contributed by atoms with Crippen molar-refractivity contribution < 1.29 is 4.74 Å². The molecule has 0 aliphatic heterocycles. The van der Waals surface area contributed by atoms with Crippen molar-refractivity contribution in [3.8, 4) is 22.9 Å². The van der Waals surface area contributed by atoms with Gasteiger partial charge in [0.25, 0.3) is 0 Å². The Morgan fingerprint density at radius 2 is 1.65 bits per heavy atom. The summed E-state index contributed by atoms with van der Waals surface area (Å²) in [5.74, 6) is 1.59. The largest absolute Gasteiger partial charge is 0.492 e. The molecule has 0 fully saturated rings. The first-order chi connectivity index (χ1) is 14.7. The zero-order valence-corrected chi connectivity index (χ0v) is 18.2. The number of benzene rings is 3. The van der Waals surface area contributed by atoms with Gasteiger partial charge in [-0.25, -0.2) is 4.98 Å². The van der Waals surface area contributed by atoms with E-state index < -0.39 is 0 Å². The third-order valence-electron chi connectivity index (χ3n) is 5.15. The first-order valence-electron chi connectivity index (χ1n) is 10.0. The molecule has 156 valence electrons. The molecular formula is C26H24ClN3O. The molecule has 0 atom stereocenters. The Morgan fingerprint density at radius 1 is 0.935 bits per heavy atom. The van der Waals surface area contributed by atoms with E-state index in [4.69, 9.17) is 4.74 Å². The van der Waals surface area contributed by atoms with E-state index in [2.05, 4.69) is 52.0 Å². The summed E-state index contributed by atoms with van der Waals surface area (Å²) >= 11 is 0. The molecule has 4 nitrogen and oxygen atoms in total. The van der Waals surface area contributed by atoms with Crippen LogP contribution in [0.2, 0.25) is 0 Å². The smallest absolute Gasteiger partial charge is 0.137 e. The quantitative estimate of drug-likeness (QED) is 0.372. The van der Waals surface area contributed by atoms with Crippen molar-refractivity contribution >= 4 is 12.4 Å². The van der Waals surface area contributed by atoms with Crippen LogP contribution in [-0.4, -0.2) is 16.2 Å². The van der Waals surface area contributed by atoms with Crippen molar-refractivity contribution in [1.29, 1.82) is 5.26 Å². The number of ether oxygens (including phenoxy) is 1. The highest BCUT2D eigenvalue weighted by atomic mass is 35.5. The lowest BCUT2D eigenvalue weighted by atomic mass is 10.0. The van der Waals surface area contributed by atoms with E-state index in [1.807, 2.05) is 49.5 Å². The molecule has 0 unspecified atom stereocenters. The molecule has 0 spiro atoms. The van der Waals surface area contributed by atoms with Gasteiger partial charge in [-0.3, -0.25) is 0 Å². The molecule has 1 heterocycles. The number of hydrogen-bond donors (Lipinski definition) is 0. The van der Waals surface area contributed by atoms with Gasteiger partial charge in [0.15, 0.2) is 0 Å². The van der Waals surface area contributed by atoms with E-state index >= 15 is 0 Å².